The molecule has 1 saturated heterocycles. The van der Waals surface area contributed by atoms with E-state index in [-0.39, 0.29) is 0 Å². The van der Waals surface area contributed by atoms with Crippen LogP contribution in [0, 0.1) is 0 Å². The maximum atomic E-state index is 5.97. The number of benzene rings is 1. The van der Waals surface area contributed by atoms with Crippen molar-refractivity contribution in [2.45, 2.75) is 19.3 Å². The molecular formula is C13H15BrN4O. The van der Waals surface area contributed by atoms with Crippen molar-refractivity contribution < 1.29 is 4.52 Å². The fraction of sp³-hybridized carbons (Fsp3) is 0.385. The van der Waals surface area contributed by atoms with Crippen LogP contribution in [0.2, 0.25) is 0 Å². The Balaban J connectivity index is 1.87. The van der Waals surface area contributed by atoms with Crippen LogP contribution in [0.1, 0.15) is 19.3 Å². The normalized spacial score (nSPS) is 15.7. The van der Waals surface area contributed by atoms with Crippen LogP contribution in [0.3, 0.4) is 0 Å². The van der Waals surface area contributed by atoms with Crippen LogP contribution in [0.5, 0.6) is 0 Å². The number of anilines is 2. The summed E-state index contributed by atoms with van der Waals surface area (Å²) < 4.78 is 6.26. The number of hydrogen-bond acceptors (Lipinski definition) is 5. The molecular weight excluding hydrogens is 308 g/mol. The highest BCUT2D eigenvalue weighted by Gasteiger charge is 2.18. The van der Waals surface area contributed by atoms with Crippen LogP contribution in [0.4, 0.5) is 11.6 Å². The zero-order valence-electron chi connectivity index (χ0n) is 10.5. The minimum atomic E-state index is 0.477. The van der Waals surface area contributed by atoms with Crippen molar-refractivity contribution in [3.05, 3.63) is 22.7 Å². The number of rotatable bonds is 2. The first kappa shape index (κ1) is 12.5. The third kappa shape index (κ3) is 2.58. The van der Waals surface area contributed by atoms with E-state index in [2.05, 4.69) is 31.0 Å². The lowest BCUT2D eigenvalue weighted by molar-refractivity contribution is 0.426. The summed E-state index contributed by atoms with van der Waals surface area (Å²) in [4.78, 5) is 6.61. The van der Waals surface area contributed by atoms with E-state index in [0.29, 0.717) is 17.5 Å². The number of piperidine rings is 1. The molecule has 1 aromatic carbocycles. The number of hydrogen-bond donors (Lipinski definition) is 1. The molecule has 0 saturated carbocycles. The molecule has 0 amide bonds. The largest absolute Gasteiger partial charge is 0.398 e. The minimum Gasteiger partial charge on any atom is -0.398 e. The smallest absolute Gasteiger partial charge is 0.266 e. The molecule has 2 heterocycles. The van der Waals surface area contributed by atoms with Crippen LogP contribution in [0.25, 0.3) is 11.5 Å². The number of nitrogen functional groups attached to an aromatic ring is 1. The zero-order chi connectivity index (χ0) is 13.2. The first-order valence-electron chi connectivity index (χ1n) is 6.38. The topological polar surface area (TPSA) is 68.2 Å². The van der Waals surface area contributed by atoms with Gasteiger partial charge in [-0.15, -0.1) is 0 Å². The Labute approximate surface area is 119 Å². The molecule has 1 fully saturated rings. The number of nitrogens with zero attached hydrogens (tertiary/aromatic N) is 3. The number of nitrogens with two attached hydrogens (primary N) is 1. The molecule has 0 aliphatic carbocycles. The summed E-state index contributed by atoms with van der Waals surface area (Å²) in [5.41, 5.74) is 7.37. The lowest BCUT2D eigenvalue weighted by Gasteiger charge is -2.24. The molecule has 2 aromatic rings. The van der Waals surface area contributed by atoms with Crippen LogP contribution in [-0.2, 0) is 0 Å². The van der Waals surface area contributed by atoms with Gasteiger partial charge in [-0.1, -0.05) is 15.9 Å². The van der Waals surface area contributed by atoms with Crippen LogP contribution < -0.4 is 10.6 Å². The van der Waals surface area contributed by atoms with Gasteiger partial charge in [0.25, 0.3) is 11.8 Å². The highest BCUT2D eigenvalue weighted by Crippen LogP contribution is 2.29. The Morgan fingerprint density at radius 2 is 2.00 bits per heavy atom. The maximum Gasteiger partial charge on any atom is 0.266 e. The van der Waals surface area contributed by atoms with Gasteiger partial charge in [-0.25, -0.2) is 0 Å². The van der Waals surface area contributed by atoms with Crippen molar-refractivity contribution in [3.63, 3.8) is 0 Å². The van der Waals surface area contributed by atoms with Crippen molar-refractivity contribution in [2.24, 2.45) is 0 Å². The Morgan fingerprint density at radius 3 is 2.74 bits per heavy atom. The lowest BCUT2D eigenvalue weighted by Crippen LogP contribution is -2.30. The summed E-state index contributed by atoms with van der Waals surface area (Å²) in [6.07, 6.45) is 3.65. The Bertz CT molecular complexity index is 578. The first-order chi connectivity index (χ1) is 9.24. The average Bonchev–Trinajstić information content (AvgIpc) is 2.89. The van der Waals surface area contributed by atoms with Gasteiger partial charge in [-0.3, -0.25) is 0 Å². The van der Waals surface area contributed by atoms with Gasteiger partial charge >= 0.3 is 0 Å². The molecule has 5 nitrogen and oxygen atoms in total. The van der Waals surface area contributed by atoms with E-state index in [1.165, 1.54) is 19.3 Å². The second-order valence-electron chi connectivity index (χ2n) is 4.68. The fourth-order valence-corrected chi connectivity index (χ4v) is 2.65. The van der Waals surface area contributed by atoms with E-state index in [1.807, 2.05) is 18.2 Å². The molecule has 6 heteroatoms. The second-order valence-corrected chi connectivity index (χ2v) is 5.59. The van der Waals surface area contributed by atoms with Gasteiger partial charge in [0.05, 0.1) is 5.56 Å². The SMILES string of the molecule is Nc1cc(Br)ccc1-c1nc(N2CCCCC2)no1. The van der Waals surface area contributed by atoms with Gasteiger partial charge in [-0.2, -0.15) is 4.98 Å². The Kier molecular flexibility index (Phi) is 3.42. The molecule has 1 aliphatic rings. The predicted octanol–water partition coefficient (Wildman–Crippen LogP) is 3.07. The molecule has 100 valence electrons. The van der Waals surface area contributed by atoms with Crippen LogP contribution >= 0.6 is 15.9 Å². The quantitative estimate of drug-likeness (QED) is 0.860. The highest BCUT2D eigenvalue weighted by molar-refractivity contribution is 9.10. The fourth-order valence-electron chi connectivity index (χ4n) is 2.28. The van der Waals surface area contributed by atoms with Gasteiger partial charge in [0, 0.05) is 23.2 Å². The molecule has 1 aromatic heterocycles. The molecule has 0 unspecified atom stereocenters. The predicted molar refractivity (Wildman–Crippen MR) is 77.9 cm³/mol. The van der Waals surface area contributed by atoms with Gasteiger partial charge in [0.1, 0.15) is 0 Å². The lowest BCUT2D eigenvalue weighted by atomic mass is 10.1. The van der Waals surface area contributed by atoms with Crippen molar-refractivity contribution in [2.75, 3.05) is 23.7 Å². The Hall–Kier alpha value is -1.56. The molecule has 1 aliphatic heterocycles. The van der Waals surface area contributed by atoms with E-state index in [0.717, 1.165) is 23.1 Å². The summed E-state index contributed by atoms with van der Waals surface area (Å²) in [5.74, 6) is 1.14. The van der Waals surface area contributed by atoms with E-state index < -0.39 is 0 Å². The van der Waals surface area contributed by atoms with Gasteiger partial charge in [-0.05, 0) is 42.6 Å². The van der Waals surface area contributed by atoms with Crippen molar-refractivity contribution in [3.8, 4) is 11.5 Å². The summed E-state index contributed by atoms with van der Waals surface area (Å²) >= 11 is 3.38. The third-order valence-corrected chi connectivity index (χ3v) is 3.79. The van der Waals surface area contributed by atoms with E-state index in [1.54, 1.807) is 0 Å². The van der Waals surface area contributed by atoms with Gasteiger partial charge in [0.2, 0.25) is 0 Å². The molecule has 2 N–H and O–H groups in total. The van der Waals surface area contributed by atoms with E-state index in [4.69, 9.17) is 10.3 Å². The van der Waals surface area contributed by atoms with Crippen LogP contribution in [-0.4, -0.2) is 23.2 Å². The maximum absolute atomic E-state index is 5.97. The monoisotopic (exact) mass is 322 g/mol. The van der Waals surface area contributed by atoms with Crippen molar-refractivity contribution >= 4 is 27.6 Å². The Morgan fingerprint density at radius 1 is 1.21 bits per heavy atom. The molecule has 0 bridgehead atoms. The minimum absolute atomic E-state index is 0.477. The third-order valence-electron chi connectivity index (χ3n) is 3.30. The summed E-state index contributed by atoms with van der Waals surface area (Å²) in [6.45, 7) is 1.99. The van der Waals surface area contributed by atoms with E-state index in [9.17, 15) is 0 Å². The summed E-state index contributed by atoms with van der Waals surface area (Å²) in [5, 5.41) is 4.05. The second kappa shape index (κ2) is 5.21. The molecule has 19 heavy (non-hydrogen) atoms. The summed E-state index contributed by atoms with van der Waals surface area (Å²) in [7, 11) is 0. The van der Waals surface area contributed by atoms with Crippen LogP contribution in [0.15, 0.2) is 27.2 Å². The van der Waals surface area contributed by atoms with Gasteiger partial charge < -0.3 is 15.2 Å². The zero-order valence-corrected chi connectivity index (χ0v) is 12.1. The van der Waals surface area contributed by atoms with Gasteiger partial charge in [0.15, 0.2) is 0 Å². The summed E-state index contributed by atoms with van der Waals surface area (Å²) in [6, 6.07) is 5.63. The standard InChI is InChI=1S/C13H15BrN4O/c14-9-4-5-10(11(15)8-9)12-16-13(17-19-12)18-6-2-1-3-7-18/h4-5,8H,1-3,6-7,15H2. The molecule has 0 radical (unpaired) electrons. The molecule has 3 rings (SSSR count). The number of aromatic nitrogens is 2. The van der Waals surface area contributed by atoms with Crippen molar-refractivity contribution in [1.29, 1.82) is 0 Å². The molecule has 0 atom stereocenters. The number of halogens is 1. The van der Waals surface area contributed by atoms with E-state index >= 15 is 0 Å². The molecule has 0 spiro atoms. The average molecular weight is 323 g/mol. The first-order valence-corrected chi connectivity index (χ1v) is 7.17. The van der Waals surface area contributed by atoms with Crippen molar-refractivity contribution in [1.82, 2.24) is 10.1 Å². The highest BCUT2D eigenvalue weighted by atomic mass is 79.9.